The summed E-state index contributed by atoms with van der Waals surface area (Å²) in [6.45, 7) is 5.02. The molecule has 2 aliphatic rings. The van der Waals surface area contributed by atoms with Gasteiger partial charge in [0.1, 0.15) is 0 Å². The van der Waals surface area contributed by atoms with Crippen LogP contribution in [-0.2, 0) is 0 Å². The van der Waals surface area contributed by atoms with Gasteiger partial charge in [-0.2, -0.15) is 0 Å². The molecule has 5 heteroatoms. The Morgan fingerprint density at radius 2 is 2.15 bits per heavy atom. The molecule has 0 saturated carbocycles. The van der Waals surface area contributed by atoms with Gasteiger partial charge in [-0.05, 0) is 50.8 Å². The molecule has 0 aliphatic carbocycles. The Labute approximate surface area is 118 Å². The molecule has 3 rings (SSSR count). The molecule has 2 N–H and O–H groups in total. The number of nitrogens with one attached hydrogen (secondary N) is 2. The van der Waals surface area contributed by atoms with Gasteiger partial charge >= 0.3 is 0 Å². The van der Waals surface area contributed by atoms with Crippen molar-refractivity contribution in [1.29, 1.82) is 0 Å². The first-order valence-electron chi connectivity index (χ1n) is 7.30. The minimum Gasteiger partial charge on any atom is -0.335 e. The number of carbonyl (C=O) groups is 1. The van der Waals surface area contributed by atoms with E-state index in [0.717, 1.165) is 38.9 Å². The molecule has 0 bridgehead atoms. The van der Waals surface area contributed by atoms with Crippen LogP contribution < -0.4 is 10.9 Å². The number of hydrogen-bond acceptors (Lipinski definition) is 3. The first-order chi connectivity index (χ1) is 9.60. The van der Waals surface area contributed by atoms with E-state index < -0.39 is 0 Å². The summed E-state index contributed by atoms with van der Waals surface area (Å²) in [6, 6.07) is 3.33. The zero-order valence-electron chi connectivity index (χ0n) is 11.8. The van der Waals surface area contributed by atoms with Gasteiger partial charge in [-0.1, -0.05) is 0 Å². The van der Waals surface area contributed by atoms with Crippen LogP contribution in [0.1, 0.15) is 36.5 Å². The summed E-state index contributed by atoms with van der Waals surface area (Å²) in [4.78, 5) is 28.4. The second kappa shape index (κ2) is 5.05. The van der Waals surface area contributed by atoms with Gasteiger partial charge in [-0.25, -0.2) is 0 Å². The van der Waals surface area contributed by atoms with Gasteiger partial charge < -0.3 is 15.2 Å². The summed E-state index contributed by atoms with van der Waals surface area (Å²) < 4.78 is 0. The number of likely N-dealkylation sites (tertiary alicyclic amines) is 1. The van der Waals surface area contributed by atoms with Crippen LogP contribution in [0.3, 0.4) is 0 Å². The Kier molecular flexibility index (Phi) is 3.38. The molecule has 108 valence electrons. The zero-order chi connectivity index (χ0) is 14.2. The van der Waals surface area contributed by atoms with Crippen LogP contribution in [0, 0.1) is 5.41 Å². The molecule has 1 spiro atoms. The number of carbonyl (C=O) groups excluding carboxylic acids is 1. The third-order valence-corrected chi connectivity index (χ3v) is 4.71. The standard InChI is InChI=1S/C15H21N3O2/c1-11-9-15(3-6-16-7-4-15)10-18(11)14(20)12-2-5-17-13(19)8-12/h2,5,8,11,16H,3-4,6-7,9-10H2,1H3,(H,17,19). The maximum atomic E-state index is 12.6. The van der Waals surface area contributed by atoms with E-state index in [1.54, 1.807) is 6.07 Å². The summed E-state index contributed by atoms with van der Waals surface area (Å²) >= 11 is 0. The minimum atomic E-state index is -0.223. The topological polar surface area (TPSA) is 65.2 Å². The van der Waals surface area contributed by atoms with Crippen molar-refractivity contribution in [3.05, 3.63) is 34.2 Å². The third kappa shape index (κ3) is 2.38. The first kappa shape index (κ1) is 13.4. The SMILES string of the molecule is CC1CC2(CCNCC2)CN1C(=O)c1cc[nH]c(=O)c1. The molecule has 2 saturated heterocycles. The van der Waals surface area contributed by atoms with Crippen LogP contribution in [0.5, 0.6) is 0 Å². The highest BCUT2D eigenvalue weighted by atomic mass is 16.2. The van der Waals surface area contributed by atoms with Crippen molar-refractivity contribution >= 4 is 5.91 Å². The van der Waals surface area contributed by atoms with Gasteiger partial charge in [0.25, 0.3) is 5.91 Å². The number of aromatic amines is 1. The van der Waals surface area contributed by atoms with Crippen molar-refractivity contribution < 1.29 is 4.79 Å². The van der Waals surface area contributed by atoms with E-state index in [2.05, 4.69) is 17.2 Å². The quantitative estimate of drug-likeness (QED) is 0.803. The van der Waals surface area contributed by atoms with Crippen LogP contribution in [0.4, 0.5) is 0 Å². The van der Waals surface area contributed by atoms with Crippen molar-refractivity contribution in [3.8, 4) is 0 Å². The van der Waals surface area contributed by atoms with Crippen LogP contribution >= 0.6 is 0 Å². The lowest BCUT2D eigenvalue weighted by molar-refractivity contribution is 0.0723. The second-order valence-electron chi connectivity index (χ2n) is 6.18. The van der Waals surface area contributed by atoms with Gasteiger partial charge in [0, 0.05) is 30.4 Å². The third-order valence-electron chi connectivity index (χ3n) is 4.71. The molecule has 1 atom stereocenters. The van der Waals surface area contributed by atoms with Crippen LogP contribution in [-0.4, -0.2) is 41.5 Å². The van der Waals surface area contributed by atoms with Crippen molar-refractivity contribution in [2.75, 3.05) is 19.6 Å². The Morgan fingerprint density at radius 3 is 2.85 bits per heavy atom. The summed E-state index contributed by atoms with van der Waals surface area (Å²) in [5, 5.41) is 3.39. The lowest BCUT2D eigenvalue weighted by atomic mass is 9.77. The van der Waals surface area contributed by atoms with Crippen LogP contribution in [0.2, 0.25) is 0 Å². The average Bonchev–Trinajstić information content (AvgIpc) is 2.75. The van der Waals surface area contributed by atoms with Gasteiger partial charge in [-0.3, -0.25) is 9.59 Å². The van der Waals surface area contributed by atoms with E-state index in [0.29, 0.717) is 5.56 Å². The predicted molar refractivity (Wildman–Crippen MR) is 76.7 cm³/mol. The fraction of sp³-hybridized carbons (Fsp3) is 0.600. The molecule has 3 heterocycles. The Bertz CT molecular complexity index is 560. The van der Waals surface area contributed by atoms with Crippen LogP contribution in [0.15, 0.2) is 23.1 Å². The van der Waals surface area contributed by atoms with Crippen molar-refractivity contribution in [2.24, 2.45) is 5.41 Å². The lowest BCUT2D eigenvalue weighted by Crippen LogP contribution is -2.40. The Hall–Kier alpha value is -1.62. The summed E-state index contributed by atoms with van der Waals surface area (Å²) in [6.07, 6.45) is 4.88. The maximum Gasteiger partial charge on any atom is 0.254 e. The summed E-state index contributed by atoms with van der Waals surface area (Å²) in [5.41, 5.74) is 0.549. The molecular weight excluding hydrogens is 254 g/mol. The molecule has 2 aliphatic heterocycles. The molecule has 2 fully saturated rings. The van der Waals surface area contributed by atoms with Crippen molar-refractivity contribution in [2.45, 2.75) is 32.2 Å². The highest BCUT2D eigenvalue weighted by Gasteiger charge is 2.44. The van der Waals surface area contributed by atoms with E-state index >= 15 is 0 Å². The number of nitrogens with zero attached hydrogens (tertiary/aromatic N) is 1. The van der Waals surface area contributed by atoms with Gasteiger partial charge in [0.2, 0.25) is 5.56 Å². The fourth-order valence-electron chi connectivity index (χ4n) is 3.65. The molecule has 0 aromatic carbocycles. The normalized spacial score (nSPS) is 25.1. The fourth-order valence-corrected chi connectivity index (χ4v) is 3.65. The van der Waals surface area contributed by atoms with Crippen LogP contribution in [0.25, 0.3) is 0 Å². The van der Waals surface area contributed by atoms with E-state index in [9.17, 15) is 9.59 Å². The molecular formula is C15H21N3O2. The predicted octanol–water partition coefficient (Wildman–Crippen LogP) is 0.979. The number of pyridine rings is 1. The van der Waals surface area contributed by atoms with Gasteiger partial charge in [0.15, 0.2) is 0 Å². The molecule has 1 unspecified atom stereocenters. The van der Waals surface area contributed by atoms with Crippen molar-refractivity contribution in [1.82, 2.24) is 15.2 Å². The number of hydrogen-bond donors (Lipinski definition) is 2. The minimum absolute atomic E-state index is 0.0148. The monoisotopic (exact) mass is 275 g/mol. The Balaban J connectivity index is 1.80. The van der Waals surface area contributed by atoms with Crippen molar-refractivity contribution in [3.63, 3.8) is 0 Å². The van der Waals surface area contributed by atoms with E-state index in [1.807, 2.05) is 4.90 Å². The Morgan fingerprint density at radius 1 is 1.40 bits per heavy atom. The smallest absolute Gasteiger partial charge is 0.254 e. The number of piperidine rings is 1. The van der Waals surface area contributed by atoms with E-state index in [1.165, 1.54) is 12.3 Å². The largest absolute Gasteiger partial charge is 0.335 e. The molecule has 20 heavy (non-hydrogen) atoms. The molecule has 5 nitrogen and oxygen atoms in total. The number of rotatable bonds is 1. The highest BCUT2D eigenvalue weighted by Crippen LogP contribution is 2.42. The maximum absolute atomic E-state index is 12.6. The van der Waals surface area contributed by atoms with E-state index in [4.69, 9.17) is 0 Å². The number of aromatic nitrogens is 1. The molecule has 0 radical (unpaired) electrons. The van der Waals surface area contributed by atoms with Gasteiger partial charge in [-0.15, -0.1) is 0 Å². The first-order valence-corrected chi connectivity index (χ1v) is 7.30. The average molecular weight is 275 g/mol. The lowest BCUT2D eigenvalue weighted by Gasteiger charge is -2.33. The second-order valence-corrected chi connectivity index (χ2v) is 6.18. The van der Waals surface area contributed by atoms with Gasteiger partial charge in [0.05, 0.1) is 0 Å². The highest BCUT2D eigenvalue weighted by molar-refractivity contribution is 5.94. The summed E-state index contributed by atoms with van der Waals surface area (Å²) in [7, 11) is 0. The molecule has 1 aromatic rings. The zero-order valence-corrected chi connectivity index (χ0v) is 11.8. The number of H-pyrrole nitrogens is 1. The molecule has 1 amide bonds. The summed E-state index contributed by atoms with van der Waals surface area (Å²) in [5.74, 6) is -0.0148. The van der Waals surface area contributed by atoms with E-state index in [-0.39, 0.29) is 22.9 Å². The molecule has 1 aromatic heterocycles. The number of amides is 1.